The molecular formula is C22H21FN6O2. The average Bonchev–Trinajstić information content (AvgIpc) is 3.15. The lowest BCUT2D eigenvalue weighted by Crippen LogP contribution is -2.47. The van der Waals surface area contributed by atoms with E-state index in [1.165, 1.54) is 17.0 Å². The summed E-state index contributed by atoms with van der Waals surface area (Å²) in [5, 5.41) is 0. The molecule has 9 heteroatoms. The van der Waals surface area contributed by atoms with E-state index in [0.717, 1.165) is 24.5 Å². The third-order valence-corrected chi connectivity index (χ3v) is 5.55. The minimum atomic E-state index is -0.490. The fraction of sp³-hybridized carbons (Fsp3) is 0.227. The molecule has 0 bridgehead atoms. The number of piperazine rings is 1. The maximum Gasteiger partial charge on any atom is 0.332 e. The van der Waals surface area contributed by atoms with E-state index >= 15 is 0 Å². The molecule has 1 N–H and O–H groups in total. The van der Waals surface area contributed by atoms with Gasteiger partial charge >= 0.3 is 5.69 Å². The van der Waals surface area contributed by atoms with E-state index in [1.54, 1.807) is 25.3 Å². The van der Waals surface area contributed by atoms with Crippen LogP contribution in [0.3, 0.4) is 0 Å². The number of methoxy groups -OCH3 is 1. The van der Waals surface area contributed by atoms with Crippen LogP contribution in [0.25, 0.3) is 16.9 Å². The van der Waals surface area contributed by atoms with Gasteiger partial charge in [-0.2, -0.15) is 0 Å². The first-order chi connectivity index (χ1) is 15.2. The minimum absolute atomic E-state index is 0.157. The van der Waals surface area contributed by atoms with Gasteiger partial charge in [-0.3, -0.25) is 0 Å². The van der Waals surface area contributed by atoms with Gasteiger partial charge in [0.2, 0.25) is 0 Å². The molecule has 0 aliphatic carbocycles. The van der Waals surface area contributed by atoms with Crippen molar-refractivity contribution in [1.82, 2.24) is 19.5 Å². The zero-order chi connectivity index (χ0) is 21.4. The molecule has 158 valence electrons. The summed E-state index contributed by atoms with van der Waals surface area (Å²) in [4.78, 5) is 28.5. The maximum absolute atomic E-state index is 14.3. The van der Waals surface area contributed by atoms with Crippen LogP contribution in [0.5, 0.6) is 5.75 Å². The number of aromatic amines is 1. The van der Waals surface area contributed by atoms with Crippen LogP contribution in [-0.4, -0.2) is 52.8 Å². The average molecular weight is 420 g/mol. The van der Waals surface area contributed by atoms with E-state index in [1.807, 2.05) is 24.3 Å². The van der Waals surface area contributed by atoms with Crippen molar-refractivity contribution in [1.29, 1.82) is 0 Å². The monoisotopic (exact) mass is 420 g/mol. The standard InChI is InChI=1S/C22H21FN6O2/c1-31-18-9-5-4-8-17(18)27-10-12-28(13-11-27)20-19-21(25-14-24-20)29(22(30)26-19)16-7-3-2-6-15(16)23/h2-9,14H,10-13H2,1H3,(H,26,30). The first-order valence-electron chi connectivity index (χ1n) is 10.0. The second-order valence-corrected chi connectivity index (χ2v) is 7.26. The van der Waals surface area contributed by atoms with Gasteiger partial charge in [-0.15, -0.1) is 0 Å². The van der Waals surface area contributed by atoms with Crippen LogP contribution >= 0.6 is 0 Å². The predicted octanol–water partition coefficient (Wildman–Crippen LogP) is 2.58. The molecule has 0 unspecified atom stereocenters. The van der Waals surface area contributed by atoms with Gasteiger partial charge in [0.15, 0.2) is 11.5 Å². The van der Waals surface area contributed by atoms with Crippen molar-refractivity contribution < 1.29 is 9.13 Å². The Morgan fingerprint density at radius 2 is 1.61 bits per heavy atom. The fourth-order valence-corrected chi connectivity index (χ4v) is 4.05. The Hall–Kier alpha value is -3.88. The van der Waals surface area contributed by atoms with Crippen LogP contribution in [0.4, 0.5) is 15.9 Å². The first-order valence-corrected chi connectivity index (χ1v) is 10.0. The molecule has 3 heterocycles. The van der Waals surface area contributed by atoms with Gasteiger partial charge < -0.3 is 19.5 Å². The number of para-hydroxylation sites is 3. The topological polar surface area (TPSA) is 79.3 Å². The third-order valence-electron chi connectivity index (χ3n) is 5.55. The molecule has 5 rings (SSSR count). The first kappa shape index (κ1) is 19.1. The zero-order valence-corrected chi connectivity index (χ0v) is 17.0. The second-order valence-electron chi connectivity index (χ2n) is 7.26. The molecule has 4 aromatic rings. The van der Waals surface area contributed by atoms with Crippen molar-refractivity contribution >= 4 is 22.7 Å². The molecule has 0 spiro atoms. The second kappa shape index (κ2) is 7.75. The highest BCUT2D eigenvalue weighted by Crippen LogP contribution is 2.30. The molecule has 1 aliphatic heterocycles. The van der Waals surface area contributed by atoms with Gasteiger partial charge in [-0.05, 0) is 24.3 Å². The number of rotatable bonds is 4. The van der Waals surface area contributed by atoms with Crippen molar-refractivity contribution in [2.24, 2.45) is 0 Å². The third kappa shape index (κ3) is 3.27. The lowest BCUT2D eigenvalue weighted by atomic mass is 10.2. The van der Waals surface area contributed by atoms with E-state index in [0.29, 0.717) is 30.1 Å². The summed E-state index contributed by atoms with van der Waals surface area (Å²) in [7, 11) is 1.67. The van der Waals surface area contributed by atoms with E-state index in [2.05, 4.69) is 24.8 Å². The number of ether oxygens (including phenoxy) is 1. The van der Waals surface area contributed by atoms with E-state index in [-0.39, 0.29) is 5.69 Å². The van der Waals surface area contributed by atoms with Gasteiger partial charge in [0.1, 0.15) is 23.4 Å². The number of anilines is 2. The molecule has 1 fully saturated rings. The summed E-state index contributed by atoms with van der Waals surface area (Å²) in [6, 6.07) is 14.1. The predicted molar refractivity (Wildman–Crippen MR) is 117 cm³/mol. The molecular weight excluding hydrogens is 399 g/mol. The summed E-state index contributed by atoms with van der Waals surface area (Å²) >= 11 is 0. The molecule has 2 aromatic carbocycles. The summed E-state index contributed by atoms with van der Waals surface area (Å²) in [6.07, 6.45) is 1.41. The molecule has 1 aliphatic rings. The van der Waals surface area contributed by atoms with Gasteiger partial charge in [0, 0.05) is 26.2 Å². The number of nitrogens with zero attached hydrogens (tertiary/aromatic N) is 5. The maximum atomic E-state index is 14.3. The van der Waals surface area contributed by atoms with Gasteiger partial charge in [-0.25, -0.2) is 23.7 Å². The smallest absolute Gasteiger partial charge is 0.332 e. The molecule has 0 atom stereocenters. The largest absolute Gasteiger partial charge is 0.495 e. The van der Waals surface area contributed by atoms with Crippen LogP contribution < -0.4 is 20.2 Å². The Kier molecular flexibility index (Phi) is 4.78. The van der Waals surface area contributed by atoms with Crippen molar-refractivity contribution in [2.45, 2.75) is 0 Å². The number of halogens is 1. The minimum Gasteiger partial charge on any atom is -0.495 e. The number of aromatic nitrogens is 4. The number of fused-ring (bicyclic) bond motifs is 1. The molecule has 2 aromatic heterocycles. The number of hydrogen-bond donors (Lipinski definition) is 1. The van der Waals surface area contributed by atoms with Crippen molar-refractivity contribution in [3.05, 3.63) is 71.2 Å². The number of benzene rings is 2. The molecule has 1 saturated heterocycles. The van der Waals surface area contributed by atoms with Crippen LogP contribution in [0.2, 0.25) is 0 Å². The summed E-state index contributed by atoms with van der Waals surface area (Å²) in [6.45, 7) is 2.95. The summed E-state index contributed by atoms with van der Waals surface area (Å²) in [5.74, 6) is 0.986. The molecule has 0 radical (unpaired) electrons. The van der Waals surface area contributed by atoms with Crippen LogP contribution in [0.1, 0.15) is 0 Å². The molecule has 0 amide bonds. The number of imidazole rings is 1. The van der Waals surface area contributed by atoms with Crippen molar-refractivity contribution in [3.8, 4) is 11.4 Å². The number of nitrogens with one attached hydrogen (secondary N) is 1. The number of hydrogen-bond acceptors (Lipinski definition) is 6. The quantitative estimate of drug-likeness (QED) is 0.547. The Bertz CT molecular complexity index is 1290. The highest BCUT2D eigenvalue weighted by Gasteiger charge is 2.24. The summed E-state index contributed by atoms with van der Waals surface area (Å²) < 4.78 is 21.1. The molecule has 8 nitrogen and oxygen atoms in total. The van der Waals surface area contributed by atoms with Crippen LogP contribution in [-0.2, 0) is 0 Å². The van der Waals surface area contributed by atoms with Gasteiger partial charge in [-0.1, -0.05) is 24.3 Å². The van der Waals surface area contributed by atoms with E-state index < -0.39 is 11.5 Å². The summed E-state index contributed by atoms with van der Waals surface area (Å²) in [5.41, 5.74) is 1.62. The highest BCUT2D eigenvalue weighted by atomic mass is 19.1. The normalized spacial score (nSPS) is 14.3. The van der Waals surface area contributed by atoms with Crippen LogP contribution in [0.15, 0.2) is 59.7 Å². The highest BCUT2D eigenvalue weighted by molar-refractivity contribution is 5.84. The fourth-order valence-electron chi connectivity index (χ4n) is 4.05. The zero-order valence-electron chi connectivity index (χ0n) is 17.0. The number of H-pyrrole nitrogens is 1. The Morgan fingerprint density at radius 1 is 0.935 bits per heavy atom. The lowest BCUT2D eigenvalue weighted by Gasteiger charge is -2.37. The van der Waals surface area contributed by atoms with Crippen molar-refractivity contribution in [3.63, 3.8) is 0 Å². The lowest BCUT2D eigenvalue weighted by molar-refractivity contribution is 0.413. The van der Waals surface area contributed by atoms with Crippen LogP contribution in [0, 0.1) is 5.82 Å². The Balaban J connectivity index is 1.47. The Morgan fingerprint density at radius 3 is 2.35 bits per heavy atom. The van der Waals surface area contributed by atoms with Crippen molar-refractivity contribution in [2.75, 3.05) is 43.1 Å². The van der Waals surface area contributed by atoms with E-state index in [4.69, 9.17) is 4.74 Å². The van der Waals surface area contributed by atoms with E-state index in [9.17, 15) is 9.18 Å². The molecule has 31 heavy (non-hydrogen) atoms. The molecule has 0 saturated carbocycles. The Labute approximate surface area is 177 Å². The van der Waals surface area contributed by atoms with Gasteiger partial charge in [0.05, 0.1) is 18.5 Å². The SMILES string of the molecule is COc1ccccc1N1CCN(c2ncnc3c2[nH]c(=O)n3-c2ccccc2F)CC1. The van der Waals surface area contributed by atoms with Gasteiger partial charge in [0.25, 0.3) is 0 Å².